The molecule has 2 unspecified atom stereocenters. The lowest BCUT2D eigenvalue weighted by molar-refractivity contribution is -0.161. The Bertz CT molecular complexity index is 1430. The van der Waals surface area contributed by atoms with E-state index in [1.807, 2.05) is 0 Å². The van der Waals surface area contributed by atoms with Gasteiger partial charge in [0.1, 0.15) is 6.61 Å². The molecule has 0 radical (unpaired) electrons. The summed E-state index contributed by atoms with van der Waals surface area (Å²) in [5.74, 6) is -0.810. The first kappa shape index (κ1) is 73.7. The van der Waals surface area contributed by atoms with Crippen LogP contribution in [0.4, 0.5) is 0 Å². The molecule has 0 aromatic rings. The summed E-state index contributed by atoms with van der Waals surface area (Å²) in [5.41, 5.74) is 5.39. The zero-order valence-corrected chi connectivity index (χ0v) is 50.6. The summed E-state index contributed by atoms with van der Waals surface area (Å²) in [5, 5.41) is 0. The van der Waals surface area contributed by atoms with Crippen LogP contribution in [0.5, 0.6) is 0 Å². The van der Waals surface area contributed by atoms with Crippen molar-refractivity contribution in [1.82, 2.24) is 0 Å². The minimum Gasteiger partial charge on any atom is -0.462 e. The summed E-state index contributed by atoms with van der Waals surface area (Å²) >= 11 is 0. The highest BCUT2D eigenvalue weighted by Gasteiger charge is 2.26. The fourth-order valence-electron chi connectivity index (χ4n) is 9.43. The summed E-state index contributed by atoms with van der Waals surface area (Å²) < 4.78 is 33.1. The minimum atomic E-state index is -4.39. The van der Waals surface area contributed by atoms with Crippen molar-refractivity contribution in [3.8, 4) is 0 Å². The Balaban J connectivity index is 3.85. The number of hydrogen-bond acceptors (Lipinski definition) is 8. The van der Waals surface area contributed by atoms with Gasteiger partial charge in [0.2, 0.25) is 0 Å². The van der Waals surface area contributed by atoms with Crippen molar-refractivity contribution in [2.75, 3.05) is 26.4 Å². The van der Waals surface area contributed by atoms with Gasteiger partial charge in [0.15, 0.2) is 6.10 Å². The lowest BCUT2D eigenvalue weighted by atomic mass is 10.0. The number of esters is 2. The van der Waals surface area contributed by atoms with E-state index >= 15 is 0 Å². The molecule has 0 heterocycles. The lowest BCUT2D eigenvalue weighted by Gasteiger charge is -2.19. The van der Waals surface area contributed by atoms with Gasteiger partial charge in [-0.2, -0.15) is 0 Å². The van der Waals surface area contributed by atoms with Crippen LogP contribution in [0.3, 0.4) is 0 Å². The molecule has 0 saturated heterocycles. The Morgan fingerprint density at radius 2 is 0.724 bits per heavy atom. The molecule has 0 spiro atoms. The van der Waals surface area contributed by atoms with E-state index in [2.05, 4.69) is 74.6 Å². The highest BCUT2D eigenvalue weighted by atomic mass is 31.2. The molecule has 0 aromatic heterocycles. The van der Waals surface area contributed by atoms with Gasteiger partial charge in [-0.1, -0.05) is 306 Å². The van der Waals surface area contributed by atoms with Crippen LogP contribution >= 0.6 is 7.82 Å². The highest BCUT2D eigenvalue weighted by molar-refractivity contribution is 7.47. The van der Waals surface area contributed by atoms with Crippen LogP contribution in [0.15, 0.2) is 60.8 Å². The third-order valence-corrected chi connectivity index (χ3v) is 15.2. The number of rotatable bonds is 61. The van der Waals surface area contributed by atoms with Crippen molar-refractivity contribution in [3.63, 3.8) is 0 Å². The molecule has 444 valence electrons. The first-order valence-corrected chi connectivity index (χ1v) is 33.8. The zero-order valence-electron chi connectivity index (χ0n) is 49.7. The molecule has 0 aliphatic carbocycles. The number of hydrogen-bond donors (Lipinski definition) is 2. The van der Waals surface area contributed by atoms with Gasteiger partial charge in [0.05, 0.1) is 13.2 Å². The summed E-state index contributed by atoms with van der Waals surface area (Å²) in [6.45, 7) is 3.69. The summed E-state index contributed by atoms with van der Waals surface area (Å²) in [7, 11) is -4.39. The number of phosphoric acid groups is 1. The minimum absolute atomic E-state index is 0.0550. The maximum atomic E-state index is 12.7. The van der Waals surface area contributed by atoms with Crippen molar-refractivity contribution in [3.05, 3.63) is 60.8 Å². The van der Waals surface area contributed by atoms with Gasteiger partial charge >= 0.3 is 19.8 Å². The van der Waals surface area contributed by atoms with Gasteiger partial charge < -0.3 is 20.1 Å². The van der Waals surface area contributed by atoms with Crippen LogP contribution in [0.1, 0.15) is 316 Å². The predicted molar refractivity (Wildman–Crippen MR) is 326 cm³/mol. The van der Waals surface area contributed by atoms with Gasteiger partial charge in [-0.05, 0) is 57.8 Å². The zero-order chi connectivity index (χ0) is 55.2. The van der Waals surface area contributed by atoms with Gasteiger partial charge in [0.25, 0.3) is 0 Å². The molecule has 0 aliphatic heterocycles. The van der Waals surface area contributed by atoms with Gasteiger partial charge in [-0.3, -0.25) is 18.6 Å². The van der Waals surface area contributed by atoms with E-state index in [0.717, 1.165) is 64.2 Å². The fourth-order valence-corrected chi connectivity index (χ4v) is 10.2. The predicted octanol–water partition coefficient (Wildman–Crippen LogP) is 20.7. The van der Waals surface area contributed by atoms with Gasteiger partial charge in [-0.15, -0.1) is 0 Å². The Labute approximate surface area is 469 Å². The molecule has 0 bridgehead atoms. The number of allylic oxidation sites excluding steroid dienone is 10. The van der Waals surface area contributed by atoms with E-state index in [4.69, 9.17) is 24.3 Å². The van der Waals surface area contributed by atoms with Crippen LogP contribution in [0, 0.1) is 0 Å². The van der Waals surface area contributed by atoms with E-state index in [1.165, 1.54) is 218 Å². The molecule has 10 heteroatoms. The Morgan fingerprint density at radius 3 is 1.08 bits per heavy atom. The fraction of sp³-hybridized carbons (Fsp3) is 0.818. The Kier molecular flexibility index (Phi) is 60.0. The molecule has 0 rings (SSSR count). The SMILES string of the molecule is CC/C=C\C/C=C\C/C=C\C/C=C\C/C=C\CCCCCCCCCCCCCCCCCCCCCC(=O)OC(COC(=O)CCCCCCCCCCCCCCCCCCCCCC)COP(=O)(O)OCCN. The Morgan fingerprint density at radius 1 is 0.408 bits per heavy atom. The van der Waals surface area contributed by atoms with Crippen LogP contribution in [-0.4, -0.2) is 49.3 Å². The van der Waals surface area contributed by atoms with Crippen LogP contribution in [-0.2, 0) is 32.7 Å². The molecule has 76 heavy (non-hydrogen) atoms. The monoisotopic (exact) mass is 1090 g/mol. The van der Waals surface area contributed by atoms with Crippen molar-refractivity contribution >= 4 is 19.8 Å². The first-order valence-electron chi connectivity index (χ1n) is 32.3. The molecule has 0 amide bonds. The first-order chi connectivity index (χ1) is 37.3. The maximum absolute atomic E-state index is 12.7. The van der Waals surface area contributed by atoms with Gasteiger partial charge in [-0.25, -0.2) is 4.57 Å². The number of carbonyl (C=O) groups is 2. The van der Waals surface area contributed by atoms with Crippen LogP contribution in [0.2, 0.25) is 0 Å². The molecule has 0 aliphatic rings. The van der Waals surface area contributed by atoms with E-state index in [-0.39, 0.29) is 38.6 Å². The second kappa shape index (κ2) is 61.9. The molecule has 2 atom stereocenters. The average Bonchev–Trinajstić information content (AvgIpc) is 3.41. The van der Waals surface area contributed by atoms with Crippen LogP contribution in [0.25, 0.3) is 0 Å². The third-order valence-electron chi connectivity index (χ3n) is 14.2. The highest BCUT2D eigenvalue weighted by Crippen LogP contribution is 2.43. The molecule has 3 N–H and O–H groups in total. The smallest absolute Gasteiger partial charge is 0.462 e. The maximum Gasteiger partial charge on any atom is 0.472 e. The normalized spacial score (nSPS) is 13.4. The second-order valence-corrected chi connectivity index (χ2v) is 23.1. The summed E-state index contributed by atoms with van der Waals surface area (Å²) in [6, 6.07) is 0. The molecular formula is C66H122NO8P. The third kappa shape index (κ3) is 60.9. The summed E-state index contributed by atoms with van der Waals surface area (Å²) in [6.07, 6.45) is 78.7. The quantitative estimate of drug-likeness (QED) is 0.0264. The average molecular weight is 1090 g/mol. The molecule has 0 saturated carbocycles. The van der Waals surface area contributed by atoms with Crippen molar-refractivity contribution in [1.29, 1.82) is 0 Å². The molecule has 0 fully saturated rings. The molecule has 9 nitrogen and oxygen atoms in total. The number of nitrogens with two attached hydrogens (primary N) is 1. The number of carbonyl (C=O) groups excluding carboxylic acids is 2. The topological polar surface area (TPSA) is 134 Å². The number of unbranched alkanes of at least 4 members (excludes halogenated alkanes) is 38. The Hall–Kier alpha value is -2.29. The summed E-state index contributed by atoms with van der Waals surface area (Å²) in [4.78, 5) is 35.3. The van der Waals surface area contributed by atoms with E-state index in [0.29, 0.717) is 6.42 Å². The van der Waals surface area contributed by atoms with Crippen molar-refractivity contribution in [2.24, 2.45) is 5.73 Å². The van der Waals surface area contributed by atoms with E-state index in [1.54, 1.807) is 0 Å². The number of ether oxygens (including phenoxy) is 2. The standard InChI is InChI=1S/C66H122NO8P/c1-3-5-7-9-11-13-15-17-19-21-23-25-26-27-28-29-30-31-32-33-34-35-36-37-38-39-41-43-45-47-49-51-53-55-57-59-66(69)75-64(63-74-76(70,71)73-61-60-67)62-72-65(68)58-56-54-52-50-48-46-44-42-40-24-22-20-18-16-14-12-10-8-6-4-2/h5,7,11,13,17,19,23,25,27-28,64H,3-4,6,8-10,12,14-16,18,20-22,24,26,29-63,67H2,1-2H3,(H,70,71)/b7-5-,13-11-,19-17-,25-23-,28-27-. The largest absolute Gasteiger partial charge is 0.472 e. The van der Waals surface area contributed by atoms with Crippen molar-refractivity contribution in [2.45, 2.75) is 322 Å². The van der Waals surface area contributed by atoms with E-state index < -0.39 is 26.5 Å². The van der Waals surface area contributed by atoms with Gasteiger partial charge in [0, 0.05) is 19.4 Å². The lowest BCUT2D eigenvalue weighted by Crippen LogP contribution is -2.29. The molecule has 0 aromatic carbocycles. The second-order valence-electron chi connectivity index (χ2n) is 21.6. The molecular weight excluding hydrogens is 966 g/mol. The van der Waals surface area contributed by atoms with Crippen molar-refractivity contribution < 1.29 is 37.6 Å². The van der Waals surface area contributed by atoms with E-state index in [9.17, 15) is 19.0 Å². The number of phosphoric ester groups is 1. The van der Waals surface area contributed by atoms with Crippen LogP contribution < -0.4 is 5.73 Å².